The van der Waals surface area contributed by atoms with Crippen molar-refractivity contribution in [2.24, 2.45) is 0 Å². The Kier molecular flexibility index (Phi) is 5.84. The first-order chi connectivity index (χ1) is 14.9. The highest BCUT2D eigenvalue weighted by atomic mass is 35.5. The highest BCUT2D eigenvalue weighted by molar-refractivity contribution is 6.34. The maximum Gasteiger partial charge on any atom is 0.294 e. The molecule has 0 atom stereocenters. The van der Waals surface area contributed by atoms with E-state index in [0.717, 1.165) is 0 Å². The molecular weight excluding hydrogens is 443 g/mol. The van der Waals surface area contributed by atoms with Crippen LogP contribution in [0, 0.1) is 17.0 Å². The number of nitrogens with zero attached hydrogens (tertiary/aromatic N) is 4. The van der Waals surface area contributed by atoms with E-state index in [-0.39, 0.29) is 11.6 Å². The number of hydrogen-bond donors (Lipinski definition) is 0. The summed E-state index contributed by atoms with van der Waals surface area (Å²) in [6.45, 7) is 3.23. The number of aromatic nitrogens is 1. The summed E-state index contributed by atoms with van der Waals surface area (Å²) >= 11 is 12.5. The molecule has 2 aromatic carbocycles. The van der Waals surface area contributed by atoms with Crippen molar-refractivity contribution in [2.75, 3.05) is 31.1 Å². The van der Waals surface area contributed by atoms with E-state index in [1.54, 1.807) is 42.2 Å². The van der Waals surface area contributed by atoms with Crippen molar-refractivity contribution in [2.45, 2.75) is 6.92 Å². The van der Waals surface area contributed by atoms with Crippen molar-refractivity contribution in [3.05, 3.63) is 73.9 Å². The fourth-order valence-electron chi connectivity index (χ4n) is 3.72. The number of hydrogen-bond acceptors (Lipinski definition) is 6. The van der Waals surface area contributed by atoms with Gasteiger partial charge in [-0.2, -0.15) is 0 Å². The maximum atomic E-state index is 13.3. The number of nitro benzene ring substituents is 1. The van der Waals surface area contributed by atoms with Gasteiger partial charge in [-0.3, -0.25) is 14.9 Å². The minimum Gasteiger partial charge on any atom is -0.361 e. The molecule has 0 radical (unpaired) electrons. The molecule has 1 saturated heterocycles. The molecule has 1 fully saturated rings. The number of piperazine rings is 1. The van der Waals surface area contributed by atoms with Crippen LogP contribution < -0.4 is 4.90 Å². The van der Waals surface area contributed by atoms with Gasteiger partial charge in [0.1, 0.15) is 22.7 Å². The monoisotopic (exact) mass is 460 g/mol. The van der Waals surface area contributed by atoms with Crippen molar-refractivity contribution >= 4 is 40.5 Å². The lowest BCUT2D eigenvalue weighted by atomic mass is 10.0. The summed E-state index contributed by atoms with van der Waals surface area (Å²) in [7, 11) is 0. The first kappa shape index (κ1) is 21.1. The number of nitro groups is 1. The maximum absolute atomic E-state index is 13.3. The lowest BCUT2D eigenvalue weighted by Gasteiger charge is -2.36. The molecule has 1 aromatic heterocycles. The van der Waals surface area contributed by atoms with Gasteiger partial charge in [0.05, 0.1) is 15.0 Å². The zero-order valence-electron chi connectivity index (χ0n) is 16.5. The number of carbonyl (C=O) groups excluding carboxylic acids is 1. The SMILES string of the molecule is Cc1onc(-c2ccccc2Cl)c1C(=O)N1CCN(c2c(Cl)cccc2[N+](=O)[O-])CC1. The highest BCUT2D eigenvalue weighted by Crippen LogP contribution is 2.36. The predicted octanol–water partition coefficient (Wildman–Crippen LogP) is 4.83. The van der Waals surface area contributed by atoms with Gasteiger partial charge in [0.2, 0.25) is 0 Å². The van der Waals surface area contributed by atoms with Gasteiger partial charge in [0.25, 0.3) is 11.6 Å². The number of carbonyl (C=O) groups is 1. The van der Waals surface area contributed by atoms with E-state index in [4.69, 9.17) is 27.7 Å². The normalized spacial score (nSPS) is 14.0. The van der Waals surface area contributed by atoms with E-state index >= 15 is 0 Å². The third-order valence-corrected chi connectivity index (χ3v) is 5.89. The first-order valence-corrected chi connectivity index (χ1v) is 10.3. The van der Waals surface area contributed by atoms with Crippen molar-refractivity contribution in [1.82, 2.24) is 10.1 Å². The Morgan fingerprint density at radius 1 is 1.06 bits per heavy atom. The first-order valence-electron chi connectivity index (χ1n) is 9.56. The summed E-state index contributed by atoms with van der Waals surface area (Å²) in [6, 6.07) is 11.7. The molecule has 31 heavy (non-hydrogen) atoms. The van der Waals surface area contributed by atoms with E-state index < -0.39 is 4.92 Å². The molecule has 1 aliphatic rings. The number of amides is 1. The van der Waals surface area contributed by atoms with E-state index in [0.29, 0.717) is 64.5 Å². The Bertz CT molecular complexity index is 1160. The van der Waals surface area contributed by atoms with Crippen LogP contribution in [0.2, 0.25) is 10.0 Å². The van der Waals surface area contributed by atoms with Crippen LogP contribution in [-0.2, 0) is 0 Å². The minimum absolute atomic E-state index is 0.0526. The molecule has 4 rings (SSSR count). The van der Waals surface area contributed by atoms with Gasteiger partial charge < -0.3 is 14.3 Å². The minimum atomic E-state index is -0.449. The van der Waals surface area contributed by atoms with Crippen LogP contribution in [0.25, 0.3) is 11.3 Å². The lowest BCUT2D eigenvalue weighted by Crippen LogP contribution is -2.49. The van der Waals surface area contributed by atoms with Crippen LogP contribution >= 0.6 is 23.2 Å². The molecule has 0 spiro atoms. The summed E-state index contributed by atoms with van der Waals surface area (Å²) < 4.78 is 5.31. The summed E-state index contributed by atoms with van der Waals surface area (Å²) in [6.07, 6.45) is 0. The third kappa shape index (κ3) is 3.96. The molecule has 1 aliphatic heterocycles. The molecule has 0 bridgehead atoms. The summed E-state index contributed by atoms with van der Waals surface area (Å²) in [5.41, 5.74) is 1.71. The van der Waals surface area contributed by atoms with Crippen molar-refractivity contribution < 1.29 is 14.2 Å². The molecule has 1 amide bonds. The molecule has 0 saturated carbocycles. The van der Waals surface area contributed by atoms with E-state index in [1.807, 2.05) is 11.0 Å². The third-order valence-electron chi connectivity index (χ3n) is 5.25. The molecule has 3 aromatic rings. The van der Waals surface area contributed by atoms with E-state index in [1.165, 1.54) is 6.07 Å². The quantitative estimate of drug-likeness (QED) is 0.408. The Labute approximate surface area is 188 Å². The lowest BCUT2D eigenvalue weighted by molar-refractivity contribution is -0.384. The number of halogens is 2. The average Bonchev–Trinajstić information content (AvgIpc) is 3.14. The summed E-state index contributed by atoms with van der Waals surface area (Å²) in [4.78, 5) is 27.8. The predicted molar refractivity (Wildman–Crippen MR) is 118 cm³/mol. The second-order valence-corrected chi connectivity index (χ2v) is 7.90. The summed E-state index contributed by atoms with van der Waals surface area (Å²) in [5.74, 6) is 0.186. The summed E-state index contributed by atoms with van der Waals surface area (Å²) in [5, 5.41) is 16.3. The number of aryl methyl sites for hydroxylation is 1. The molecule has 0 N–H and O–H groups in total. The van der Waals surface area contributed by atoms with Gasteiger partial charge in [-0.25, -0.2) is 0 Å². The molecular formula is C21H18Cl2N4O4. The van der Waals surface area contributed by atoms with Crippen LogP contribution in [0.1, 0.15) is 16.1 Å². The van der Waals surface area contributed by atoms with Gasteiger partial charge in [0.15, 0.2) is 0 Å². The zero-order chi connectivity index (χ0) is 22.1. The molecule has 10 heteroatoms. The molecule has 160 valence electrons. The Balaban J connectivity index is 1.57. The standard InChI is InChI=1S/C21H18Cl2N4O4/c1-13-18(19(24-31-13)14-5-2-3-6-15(14)22)21(28)26-11-9-25(10-12-26)20-16(23)7-4-8-17(20)27(29)30/h2-8H,9-12H2,1H3. The zero-order valence-corrected chi connectivity index (χ0v) is 18.1. The van der Waals surface area contributed by atoms with Crippen molar-refractivity contribution in [1.29, 1.82) is 0 Å². The van der Waals surface area contributed by atoms with Gasteiger partial charge in [-0.05, 0) is 19.1 Å². The van der Waals surface area contributed by atoms with E-state index in [2.05, 4.69) is 5.16 Å². The van der Waals surface area contributed by atoms with Gasteiger partial charge in [0, 0.05) is 37.8 Å². The fourth-order valence-corrected chi connectivity index (χ4v) is 4.23. The average molecular weight is 461 g/mol. The fraction of sp³-hybridized carbons (Fsp3) is 0.238. The van der Waals surface area contributed by atoms with Crippen LogP contribution in [0.3, 0.4) is 0 Å². The van der Waals surface area contributed by atoms with Gasteiger partial charge in [-0.15, -0.1) is 0 Å². The number of para-hydroxylation sites is 1. The topological polar surface area (TPSA) is 92.7 Å². The number of anilines is 1. The van der Waals surface area contributed by atoms with Crippen molar-refractivity contribution in [3.8, 4) is 11.3 Å². The van der Waals surface area contributed by atoms with Crippen LogP contribution in [0.4, 0.5) is 11.4 Å². The van der Waals surface area contributed by atoms with Gasteiger partial charge >= 0.3 is 0 Å². The van der Waals surface area contributed by atoms with Crippen molar-refractivity contribution in [3.63, 3.8) is 0 Å². The number of rotatable bonds is 4. The second-order valence-electron chi connectivity index (χ2n) is 7.09. The van der Waals surface area contributed by atoms with Crippen LogP contribution in [-0.4, -0.2) is 47.1 Å². The Morgan fingerprint density at radius 2 is 1.74 bits per heavy atom. The van der Waals surface area contributed by atoms with Gasteiger partial charge in [-0.1, -0.05) is 52.6 Å². The molecule has 0 aliphatic carbocycles. The molecule has 8 nitrogen and oxygen atoms in total. The largest absolute Gasteiger partial charge is 0.361 e. The Morgan fingerprint density at radius 3 is 2.42 bits per heavy atom. The second kappa shape index (κ2) is 8.56. The van der Waals surface area contributed by atoms with E-state index in [9.17, 15) is 14.9 Å². The smallest absolute Gasteiger partial charge is 0.294 e. The number of benzene rings is 2. The highest BCUT2D eigenvalue weighted by Gasteiger charge is 2.31. The van der Waals surface area contributed by atoms with Crippen LogP contribution in [0.5, 0.6) is 0 Å². The molecule has 2 heterocycles. The van der Waals surface area contributed by atoms with Crippen LogP contribution in [0.15, 0.2) is 47.0 Å². The molecule has 0 unspecified atom stereocenters. The Hall–Kier alpha value is -3.10.